The molecule has 0 radical (unpaired) electrons. The number of hydrogen-bond donors (Lipinski definition) is 3. The number of hydrogen-bond acceptors (Lipinski definition) is 7. The van der Waals surface area contributed by atoms with Crippen molar-refractivity contribution in [3.05, 3.63) is 47.7 Å². The first kappa shape index (κ1) is 25.0. The van der Waals surface area contributed by atoms with Crippen molar-refractivity contribution in [3.8, 4) is 0 Å². The number of carbonyl (C=O) groups is 3. The highest BCUT2D eigenvalue weighted by Crippen LogP contribution is 2.24. The normalized spacial score (nSPS) is 15.5. The van der Waals surface area contributed by atoms with Crippen molar-refractivity contribution < 1.29 is 19.1 Å². The molecule has 1 saturated heterocycles. The van der Waals surface area contributed by atoms with Gasteiger partial charge in [-0.25, -0.2) is 4.98 Å². The second-order valence-corrected chi connectivity index (χ2v) is 8.54. The molecule has 10 nitrogen and oxygen atoms in total. The van der Waals surface area contributed by atoms with Crippen LogP contribution in [0.5, 0.6) is 0 Å². The topological polar surface area (TPSA) is 130 Å². The summed E-state index contributed by atoms with van der Waals surface area (Å²) in [5.41, 5.74) is 7.75. The fourth-order valence-corrected chi connectivity index (χ4v) is 3.90. The maximum Gasteiger partial charge on any atom is 0.253 e. The molecule has 0 aliphatic carbocycles. The summed E-state index contributed by atoms with van der Waals surface area (Å²) in [6, 6.07) is 8.79. The number of amides is 3. The van der Waals surface area contributed by atoms with Gasteiger partial charge in [-0.3, -0.25) is 14.4 Å². The van der Waals surface area contributed by atoms with E-state index in [1.165, 1.54) is 18.2 Å². The van der Waals surface area contributed by atoms with Gasteiger partial charge in [0.25, 0.3) is 11.8 Å². The van der Waals surface area contributed by atoms with Crippen molar-refractivity contribution in [2.45, 2.75) is 12.8 Å². The summed E-state index contributed by atoms with van der Waals surface area (Å²) in [4.78, 5) is 43.8. The Balaban J connectivity index is 1.68. The second-order valence-electron chi connectivity index (χ2n) is 8.54. The number of nitrogens with two attached hydrogens (primary N) is 1. The molecule has 1 fully saturated rings. The molecule has 10 heteroatoms. The number of likely N-dealkylation sites (tertiary alicyclic amines) is 1. The third-order valence-electron chi connectivity index (χ3n) is 5.70. The second kappa shape index (κ2) is 11.5. The minimum Gasteiger partial charge on any atom is -0.384 e. The Kier molecular flexibility index (Phi) is 8.42. The van der Waals surface area contributed by atoms with Gasteiger partial charge in [-0.2, -0.15) is 0 Å². The van der Waals surface area contributed by atoms with Crippen molar-refractivity contribution in [2.24, 2.45) is 11.7 Å². The van der Waals surface area contributed by atoms with E-state index in [2.05, 4.69) is 15.6 Å². The summed E-state index contributed by atoms with van der Waals surface area (Å²) in [5, 5.41) is 6.50. The first-order valence-electron chi connectivity index (χ1n) is 11.2. The number of carbonyl (C=O) groups excluding carboxylic acids is 3. The summed E-state index contributed by atoms with van der Waals surface area (Å²) in [6.07, 6.45) is 3.33. The Morgan fingerprint density at radius 3 is 2.62 bits per heavy atom. The van der Waals surface area contributed by atoms with Crippen molar-refractivity contribution in [2.75, 3.05) is 58.1 Å². The van der Waals surface area contributed by atoms with E-state index in [9.17, 15) is 14.4 Å². The van der Waals surface area contributed by atoms with Crippen molar-refractivity contribution in [1.82, 2.24) is 14.8 Å². The molecule has 1 aliphatic heterocycles. The predicted octanol–water partition coefficient (Wildman–Crippen LogP) is 1.92. The third kappa shape index (κ3) is 6.44. The van der Waals surface area contributed by atoms with Gasteiger partial charge in [0, 0.05) is 64.4 Å². The van der Waals surface area contributed by atoms with Crippen LogP contribution in [0.15, 0.2) is 36.5 Å². The molecular formula is C24H32N6O4. The monoisotopic (exact) mass is 468 g/mol. The summed E-state index contributed by atoms with van der Waals surface area (Å²) in [7, 11) is 4.92. The lowest BCUT2D eigenvalue weighted by atomic mass is 9.97. The Labute approximate surface area is 199 Å². The average molecular weight is 469 g/mol. The van der Waals surface area contributed by atoms with Crippen LogP contribution in [-0.2, 0) is 9.53 Å². The minimum absolute atomic E-state index is 0.0151. The van der Waals surface area contributed by atoms with Crippen LogP contribution in [0.2, 0.25) is 0 Å². The van der Waals surface area contributed by atoms with Gasteiger partial charge in [-0.15, -0.1) is 0 Å². The molecule has 1 aromatic carbocycles. The summed E-state index contributed by atoms with van der Waals surface area (Å²) < 4.78 is 4.96. The van der Waals surface area contributed by atoms with Gasteiger partial charge in [0.1, 0.15) is 12.4 Å². The molecule has 1 aromatic heterocycles. The van der Waals surface area contributed by atoms with E-state index in [4.69, 9.17) is 10.5 Å². The molecule has 4 N–H and O–H groups in total. The Morgan fingerprint density at radius 1 is 1.24 bits per heavy atom. The van der Waals surface area contributed by atoms with Crippen LogP contribution >= 0.6 is 0 Å². The van der Waals surface area contributed by atoms with E-state index in [0.717, 1.165) is 25.1 Å². The van der Waals surface area contributed by atoms with E-state index in [0.29, 0.717) is 35.7 Å². The molecule has 0 spiro atoms. The summed E-state index contributed by atoms with van der Waals surface area (Å²) >= 11 is 0. The number of rotatable bonds is 9. The zero-order valence-corrected chi connectivity index (χ0v) is 19.8. The first-order chi connectivity index (χ1) is 16.3. The van der Waals surface area contributed by atoms with Crippen molar-refractivity contribution in [1.29, 1.82) is 0 Å². The Bertz CT molecular complexity index is 1020. The standard InChI is InChI=1S/C24H32N6O4/c1-29(2)24(33)17-6-8-18(9-7-17)28-21-11-20(19(13-27-21)23(25)32)26-12-16-5-4-10-30(14-16)22(31)15-34-3/h6-9,11,13,16H,4-5,10,12,14-15H2,1-3H3,(H2,25,32)(H2,26,27,28)/t16-/m1/s1. The van der Waals surface area contributed by atoms with E-state index >= 15 is 0 Å². The van der Waals surface area contributed by atoms with Gasteiger partial charge in [0.2, 0.25) is 5.91 Å². The Morgan fingerprint density at radius 2 is 1.97 bits per heavy atom. The van der Waals surface area contributed by atoms with E-state index in [-0.39, 0.29) is 24.3 Å². The maximum absolute atomic E-state index is 12.2. The van der Waals surface area contributed by atoms with Gasteiger partial charge < -0.3 is 30.9 Å². The Hall–Kier alpha value is -3.66. The van der Waals surface area contributed by atoms with Gasteiger partial charge in [-0.05, 0) is 43.0 Å². The van der Waals surface area contributed by atoms with Crippen molar-refractivity contribution >= 4 is 34.9 Å². The summed E-state index contributed by atoms with van der Waals surface area (Å²) in [5.74, 6) is 0.0981. The van der Waals surface area contributed by atoms with Gasteiger partial charge in [0.15, 0.2) is 0 Å². The molecule has 182 valence electrons. The van der Waals surface area contributed by atoms with Gasteiger partial charge in [-0.1, -0.05) is 0 Å². The van der Waals surface area contributed by atoms with Gasteiger partial charge in [0.05, 0.1) is 11.3 Å². The highest BCUT2D eigenvalue weighted by atomic mass is 16.5. The molecule has 34 heavy (non-hydrogen) atoms. The number of nitrogens with one attached hydrogen (secondary N) is 2. The molecule has 2 heterocycles. The van der Waals surface area contributed by atoms with Crippen LogP contribution in [0.1, 0.15) is 33.6 Å². The number of ether oxygens (including phenoxy) is 1. The quantitative estimate of drug-likeness (QED) is 0.513. The number of primary amides is 1. The number of pyridine rings is 1. The highest BCUT2D eigenvalue weighted by Gasteiger charge is 2.24. The lowest BCUT2D eigenvalue weighted by molar-refractivity contribution is -0.136. The highest BCUT2D eigenvalue weighted by molar-refractivity contribution is 5.98. The van der Waals surface area contributed by atoms with Crippen LogP contribution in [0.25, 0.3) is 0 Å². The third-order valence-corrected chi connectivity index (χ3v) is 5.70. The van der Waals surface area contributed by atoms with E-state index < -0.39 is 5.91 Å². The van der Waals surface area contributed by atoms with Crippen LogP contribution in [0, 0.1) is 5.92 Å². The smallest absolute Gasteiger partial charge is 0.253 e. The predicted molar refractivity (Wildman–Crippen MR) is 130 cm³/mol. The van der Waals surface area contributed by atoms with Crippen LogP contribution in [0.3, 0.4) is 0 Å². The molecule has 1 aliphatic rings. The molecule has 3 rings (SSSR count). The summed E-state index contributed by atoms with van der Waals surface area (Å²) in [6.45, 7) is 2.03. The first-order valence-corrected chi connectivity index (χ1v) is 11.2. The number of methoxy groups -OCH3 is 1. The number of nitrogens with zero attached hydrogens (tertiary/aromatic N) is 3. The van der Waals surface area contributed by atoms with Crippen LogP contribution in [0.4, 0.5) is 17.2 Å². The van der Waals surface area contributed by atoms with E-state index in [1.807, 2.05) is 4.90 Å². The van der Waals surface area contributed by atoms with Gasteiger partial charge >= 0.3 is 0 Å². The molecule has 0 bridgehead atoms. The molecular weight excluding hydrogens is 436 g/mol. The van der Waals surface area contributed by atoms with Crippen molar-refractivity contribution in [3.63, 3.8) is 0 Å². The maximum atomic E-state index is 12.2. The molecule has 1 atom stereocenters. The van der Waals surface area contributed by atoms with Crippen LogP contribution < -0.4 is 16.4 Å². The average Bonchev–Trinajstić information content (AvgIpc) is 2.83. The zero-order chi connectivity index (χ0) is 24.7. The number of benzene rings is 1. The van der Waals surface area contributed by atoms with Crippen LogP contribution in [-0.4, -0.2) is 80.0 Å². The number of piperidine rings is 1. The number of anilines is 3. The minimum atomic E-state index is -0.575. The lowest BCUT2D eigenvalue weighted by Gasteiger charge is -2.33. The largest absolute Gasteiger partial charge is 0.384 e. The van der Waals surface area contributed by atoms with E-state index in [1.54, 1.807) is 44.4 Å². The lowest BCUT2D eigenvalue weighted by Crippen LogP contribution is -2.43. The molecule has 2 aromatic rings. The molecule has 3 amide bonds. The SMILES string of the molecule is COCC(=O)N1CCC[C@H](CNc2cc(Nc3ccc(C(=O)N(C)C)cc3)ncc2C(N)=O)C1. The molecule has 0 unspecified atom stereocenters. The zero-order valence-electron chi connectivity index (χ0n) is 19.8. The molecule has 0 saturated carbocycles. The number of aromatic nitrogens is 1. The fourth-order valence-electron chi connectivity index (χ4n) is 3.90. The fraction of sp³-hybridized carbons (Fsp3) is 0.417.